The maximum absolute atomic E-state index is 12.5. The summed E-state index contributed by atoms with van der Waals surface area (Å²) < 4.78 is 5.44. The third-order valence-electron chi connectivity index (χ3n) is 5.92. The van der Waals surface area contributed by atoms with E-state index in [9.17, 15) is 4.79 Å². The molecule has 1 aliphatic rings. The predicted octanol–water partition coefficient (Wildman–Crippen LogP) is 4.75. The van der Waals surface area contributed by atoms with Gasteiger partial charge in [0, 0.05) is 26.2 Å². The number of benzene rings is 3. The first kappa shape index (κ1) is 22.1. The Labute approximate surface area is 190 Å². The van der Waals surface area contributed by atoms with E-state index in [1.807, 2.05) is 31.2 Å². The van der Waals surface area contributed by atoms with Gasteiger partial charge in [-0.15, -0.1) is 0 Å². The van der Waals surface area contributed by atoms with Crippen LogP contribution in [0.5, 0.6) is 0 Å². The molecule has 3 aromatic carbocycles. The first-order chi connectivity index (χ1) is 15.7. The van der Waals surface area contributed by atoms with Gasteiger partial charge in [-0.3, -0.25) is 4.90 Å². The lowest BCUT2D eigenvalue weighted by Gasteiger charge is -2.27. The van der Waals surface area contributed by atoms with Gasteiger partial charge in [-0.2, -0.15) is 0 Å². The number of morpholine rings is 1. The Bertz CT molecular complexity index is 999. The Balaban J connectivity index is 1.30. The fourth-order valence-electron chi connectivity index (χ4n) is 3.99. The molecule has 0 aromatic heterocycles. The minimum atomic E-state index is -0.161. The van der Waals surface area contributed by atoms with E-state index in [0.29, 0.717) is 6.54 Å². The van der Waals surface area contributed by atoms with E-state index in [2.05, 4.69) is 70.1 Å². The van der Waals surface area contributed by atoms with Crippen LogP contribution in [0.25, 0.3) is 11.1 Å². The standard InChI is InChI=1S/C27H31N3O2/c1-21(22-11-13-24(14-12-22)23-7-3-2-4-8-23)29-27(31)28-19-25-9-5-6-10-26(25)20-30-15-17-32-18-16-30/h2-14,21H,15-20H2,1H3,(H2,28,29,31). The summed E-state index contributed by atoms with van der Waals surface area (Å²) >= 11 is 0. The van der Waals surface area contributed by atoms with Crippen molar-refractivity contribution in [2.45, 2.75) is 26.1 Å². The van der Waals surface area contributed by atoms with Gasteiger partial charge in [0.25, 0.3) is 0 Å². The topological polar surface area (TPSA) is 53.6 Å². The van der Waals surface area contributed by atoms with Crippen LogP contribution in [0.15, 0.2) is 78.9 Å². The van der Waals surface area contributed by atoms with E-state index >= 15 is 0 Å². The number of carbonyl (C=O) groups excluding carboxylic acids is 1. The van der Waals surface area contributed by atoms with Crippen LogP contribution in [0, 0.1) is 0 Å². The molecule has 1 atom stereocenters. The smallest absolute Gasteiger partial charge is 0.315 e. The summed E-state index contributed by atoms with van der Waals surface area (Å²) in [4.78, 5) is 14.9. The zero-order valence-electron chi connectivity index (χ0n) is 18.6. The molecule has 5 nitrogen and oxygen atoms in total. The van der Waals surface area contributed by atoms with E-state index in [0.717, 1.165) is 44.0 Å². The van der Waals surface area contributed by atoms with Gasteiger partial charge in [0.15, 0.2) is 0 Å². The second kappa shape index (κ2) is 10.9. The average molecular weight is 430 g/mol. The molecule has 3 aromatic rings. The molecule has 1 fully saturated rings. The highest BCUT2D eigenvalue weighted by Crippen LogP contribution is 2.21. The quantitative estimate of drug-likeness (QED) is 0.570. The molecule has 1 unspecified atom stereocenters. The number of amides is 2. The fraction of sp³-hybridized carbons (Fsp3) is 0.296. The Morgan fingerprint density at radius 1 is 0.875 bits per heavy atom. The van der Waals surface area contributed by atoms with Crippen LogP contribution in [-0.2, 0) is 17.8 Å². The summed E-state index contributed by atoms with van der Waals surface area (Å²) in [5.74, 6) is 0. The summed E-state index contributed by atoms with van der Waals surface area (Å²) in [6.07, 6.45) is 0. The zero-order valence-corrected chi connectivity index (χ0v) is 18.6. The van der Waals surface area contributed by atoms with E-state index in [1.165, 1.54) is 16.7 Å². The highest BCUT2D eigenvalue weighted by Gasteiger charge is 2.14. The van der Waals surface area contributed by atoms with Crippen LogP contribution in [-0.4, -0.2) is 37.2 Å². The lowest BCUT2D eigenvalue weighted by Crippen LogP contribution is -2.37. The molecule has 2 N–H and O–H groups in total. The number of nitrogens with zero attached hydrogens (tertiary/aromatic N) is 1. The molecule has 0 radical (unpaired) electrons. The van der Waals surface area contributed by atoms with Gasteiger partial charge in [-0.05, 0) is 34.7 Å². The van der Waals surface area contributed by atoms with Gasteiger partial charge < -0.3 is 15.4 Å². The molecular formula is C27H31N3O2. The van der Waals surface area contributed by atoms with Crippen LogP contribution >= 0.6 is 0 Å². The summed E-state index contributed by atoms with van der Waals surface area (Å²) in [5, 5.41) is 6.07. The summed E-state index contributed by atoms with van der Waals surface area (Å²) in [6, 6.07) is 26.7. The molecule has 1 heterocycles. The van der Waals surface area contributed by atoms with Crippen molar-refractivity contribution in [3.8, 4) is 11.1 Å². The van der Waals surface area contributed by atoms with Crippen molar-refractivity contribution in [1.29, 1.82) is 0 Å². The lowest BCUT2D eigenvalue weighted by atomic mass is 10.0. The van der Waals surface area contributed by atoms with Crippen LogP contribution < -0.4 is 10.6 Å². The molecule has 0 spiro atoms. The molecular weight excluding hydrogens is 398 g/mol. The van der Waals surface area contributed by atoms with Gasteiger partial charge in [0.05, 0.1) is 19.3 Å². The number of carbonyl (C=O) groups is 1. The van der Waals surface area contributed by atoms with Crippen molar-refractivity contribution in [2.24, 2.45) is 0 Å². The second-order valence-corrected chi connectivity index (χ2v) is 8.19. The molecule has 1 saturated heterocycles. The van der Waals surface area contributed by atoms with Crippen molar-refractivity contribution >= 4 is 6.03 Å². The number of rotatable bonds is 7. The maximum atomic E-state index is 12.5. The van der Waals surface area contributed by atoms with Crippen LogP contribution in [0.3, 0.4) is 0 Å². The molecule has 4 rings (SSSR count). The molecule has 2 amide bonds. The van der Waals surface area contributed by atoms with Gasteiger partial charge >= 0.3 is 6.03 Å². The minimum absolute atomic E-state index is 0.0802. The Morgan fingerprint density at radius 2 is 1.50 bits per heavy atom. The van der Waals surface area contributed by atoms with Crippen molar-refractivity contribution in [1.82, 2.24) is 15.5 Å². The first-order valence-corrected chi connectivity index (χ1v) is 11.3. The normalized spacial score (nSPS) is 15.2. The van der Waals surface area contributed by atoms with Crippen LogP contribution in [0.2, 0.25) is 0 Å². The number of hydrogen-bond donors (Lipinski definition) is 2. The minimum Gasteiger partial charge on any atom is -0.379 e. The van der Waals surface area contributed by atoms with Crippen molar-refractivity contribution in [2.75, 3.05) is 26.3 Å². The fourth-order valence-corrected chi connectivity index (χ4v) is 3.99. The Kier molecular flexibility index (Phi) is 7.54. The third-order valence-corrected chi connectivity index (χ3v) is 5.92. The maximum Gasteiger partial charge on any atom is 0.315 e. The molecule has 0 saturated carbocycles. The number of nitrogens with one attached hydrogen (secondary N) is 2. The van der Waals surface area contributed by atoms with E-state index in [4.69, 9.17) is 4.74 Å². The summed E-state index contributed by atoms with van der Waals surface area (Å²) in [5.41, 5.74) is 5.83. The average Bonchev–Trinajstić information content (AvgIpc) is 2.85. The summed E-state index contributed by atoms with van der Waals surface area (Å²) in [6.45, 7) is 6.86. The highest BCUT2D eigenvalue weighted by molar-refractivity contribution is 5.74. The molecule has 1 aliphatic heterocycles. The monoisotopic (exact) mass is 429 g/mol. The molecule has 32 heavy (non-hydrogen) atoms. The van der Waals surface area contributed by atoms with Crippen molar-refractivity contribution < 1.29 is 9.53 Å². The van der Waals surface area contributed by atoms with E-state index < -0.39 is 0 Å². The molecule has 5 heteroatoms. The van der Waals surface area contributed by atoms with Gasteiger partial charge in [0.2, 0.25) is 0 Å². The zero-order chi connectivity index (χ0) is 22.2. The van der Waals surface area contributed by atoms with Gasteiger partial charge in [0.1, 0.15) is 0 Å². The lowest BCUT2D eigenvalue weighted by molar-refractivity contribution is 0.0341. The van der Waals surface area contributed by atoms with Gasteiger partial charge in [-0.1, -0.05) is 78.9 Å². The van der Waals surface area contributed by atoms with Crippen LogP contribution in [0.4, 0.5) is 4.79 Å². The number of ether oxygens (including phenoxy) is 1. The molecule has 0 bridgehead atoms. The largest absolute Gasteiger partial charge is 0.379 e. The molecule has 0 aliphatic carbocycles. The Morgan fingerprint density at radius 3 is 2.22 bits per heavy atom. The number of urea groups is 1. The van der Waals surface area contributed by atoms with E-state index in [-0.39, 0.29) is 12.1 Å². The highest BCUT2D eigenvalue weighted by atomic mass is 16.5. The SMILES string of the molecule is CC(NC(=O)NCc1ccccc1CN1CCOCC1)c1ccc(-c2ccccc2)cc1. The van der Waals surface area contributed by atoms with Crippen molar-refractivity contribution in [3.63, 3.8) is 0 Å². The van der Waals surface area contributed by atoms with Crippen molar-refractivity contribution in [3.05, 3.63) is 95.6 Å². The number of hydrogen-bond acceptors (Lipinski definition) is 3. The summed E-state index contributed by atoms with van der Waals surface area (Å²) in [7, 11) is 0. The molecule has 166 valence electrons. The third kappa shape index (κ3) is 5.96. The predicted molar refractivity (Wildman–Crippen MR) is 128 cm³/mol. The second-order valence-electron chi connectivity index (χ2n) is 8.19. The first-order valence-electron chi connectivity index (χ1n) is 11.3. The Hall–Kier alpha value is -3.15. The van der Waals surface area contributed by atoms with Gasteiger partial charge in [-0.25, -0.2) is 4.79 Å². The van der Waals surface area contributed by atoms with E-state index in [1.54, 1.807) is 0 Å². The van der Waals surface area contributed by atoms with Crippen LogP contribution in [0.1, 0.15) is 29.7 Å².